The maximum absolute atomic E-state index is 10.1. The number of pyridine rings is 2. The number of rotatable bonds is 4. The summed E-state index contributed by atoms with van der Waals surface area (Å²) in [5, 5.41) is 10.1. The van der Waals surface area contributed by atoms with Crippen LogP contribution in [0.15, 0.2) is 36.8 Å². The molecule has 0 aliphatic rings. The molecular weight excluding hydrogens is 230 g/mol. The number of methoxy groups -OCH3 is 1. The molecule has 5 nitrogen and oxygen atoms in total. The van der Waals surface area contributed by atoms with Crippen LogP contribution >= 0.6 is 0 Å². The van der Waals surface area contributed by atoms with Crippen LogP contribution in [0.3, 0.4) is 0 Å². The molecule has 0 bridgehead atoms. The van der Waals surface area contributed by atoms with Gasteiger partial charge in [-0.25, -0.2) is 4.98 Å². The molecule has 0 aliphatic carbocycles. The number of hydrogen-bond acceptors (Lipinski definition) is 5. The smallest absolute Gasteiger partial charge is 0.212 e. The number of hydrogen-bond donors (Lipinski definition) is 2. The number of aliphatic hydroxyl groups excluding tert-OH is 1. The molecule has 3 N–H and O–H groups in total. The third-order valence-electron chi connectivity index (χ3n) is 2.68. The van der Waals surface area contributed by atoms with E-state index in [-0.39, 0.29) is 0 Å². The minimum absolute atomic E-state index is 0.437. The summed E-state index contributed by atoms with van der Waals surface area (Å²) in [5.74, 6) is 0.550. The van der Waals surface area contributed by atoms with Crippen molar-refractivity contribution in [2.24, 2.45) is 0 Å². The normalized spacial score (nSPS) is 12.1. The van der Waals surface area contributed by atoms with Gasteiger partial charge in [0.15, 0.2) is 0 Å². The Balaban J connectivity index is 2.11. The molecule has 0 amide bonds. The summed E-state index contributed by atoms with van der Waals surface area (Å²) in [7, 11) is 1.56. The van der Waals surface area contributed by atoms with Gasteiger partial charge in [-0.15, -0.1) is 0 Å². The van der Waals surface area contributed by atoms with Crippen molar-refractivity contribution in [3.63, 3.8) is 0 Å². The highest BCUT2D eigenvalue weighted by Crippen LogP contribution is 2.22. The topological polar surface area (TPSA) is 81.3 Å². The van der Waals surface area contributed by atoms with Gasteiger partial charge in [-0.2, -0.15) is 0 Å². The van der Waals surface area contributed by atoms with Gasteiger partial charge < -0.3 is 15.6 Å². The Hall–Kier alpha value is -2.14. The Morgan fingerprint density at radius 3 is 2.78 bits per heavy atom. The van der Waals surface area contributed by atoms with Crippen LogP contribution in [0.5, 0.6) is 5.88 Å². The van der Waals surface area contributed by atoms with Crippen molar-refractivity contribution in [2.75, 3.05) is 12.8 Å². The molecule has 18 heavy (non-hydrogen) atoms. The second-order valence-electron chi connectivity index (χ2n) is 3.93. The monoisotopic (exact) mass is 245 g/mol. The number of nitrogen functional groups attached to an aromatic ring is 1. The van der Waals surface area contributed by atoms with E-state index >= 15 is 0 Å². The third-order valence-corrected chi connectivity index (χ3v) is 2.68. The van der Waals surface area contributed by atoms with E-state index < -0.39 is 6.10 Å². The predicted molar refractivity (Wildman–Crippen MR) is 68.1 cm³/mol. The average molecular weight is 245 g/mol. The Kier molecular flexibility index (Phi) is 3.74. The first-order chi connectivity index (χ1) is 8.70. The summed E-state index contributed by atoms with van der Waals surface area (Å²) in [6.45, 7) is 0. The molecule has 0 spiro atoms. The number of aromatic nitrogens is 2. The van der Waals surface area contributed by atoms with E-state index in [0.717, 1.165) is 5.56 Å². The molecule has 0 radical (unpaired) electrons. The van der Waals surface area contributed by atoms with Crippen molar-refractivity contribution in [3.05, 3.63) is 47.9 Å². The molecule has 0 saturated heterocycles. The zero-order valence-corrected chi connectivity index (χ0v) is 10.1. The standard InChI is InChI=1S/C13H15N3O2/c1-18-13-3-2-9(7-16-13)6-12(17)10-8-15-5-4-11(10)14/h2-5,7-8,12,17H,6H2,1H3,(H2,14,15). The lowest BCUT2D eigenvalue weighted by atomic mass is 10.0. The molecule has 0 saturated carbocycles. The van der Waals surface area contributed by atoms with Crippen LogP contribution < -0.4 is 10.5 Å². The SMILES string of the molecule is COc1ccc(CC(O)c2cnccc2N)cn1. The average Bonchev–Trinajstić information content (AvgIpc) is 2.40. The third kappa shape index (κ3) is 2.75. The van der Waals surface area contributed by atoms with Crippen LogP contribution in [0.4, 0.5) is 5.69 Å². The van der Waals surface area contributed by atoms with E-state index in [4.69, 9.17) is 10.5 Å². The van der Waals surface area contributed by atoms with E-state index in [9.17, 15) is 5.11 Å². The molecule has 0 aromatic carbocycles. The van der Waals surface area contributed by atoms with Gasteiger partial charge in [-0.1, -0.05) is 6.07 Å². The fourth-order valence-electron chi connectivity index (χ4n) is 1.68. The Morgan fingerprint density at radius 1 is 1.33 bits per heavy atom. The Labute approximate surface area is 105 Å². The predicted octanol–water partition coefficient (Wildman–Crippen LogP) is 1.34. The largest absolute Gasteiger partial charge is 0.481 e. The van der Waals surface area contributed by atoms with Crippen LogP contribution in [-0.4, -0.2) is 22.2 Å². The van der Waals surface area contributed by atoms with Crippen molar-refractivity contribution in [1.82, 2.24) is 9.97 Å². The summed E-state index contributed by atoms with van der Waals surface area (Å²) in [6.07, 6.45) is 4.60. The molecule has 2 aromatic rings. The number of aliphatic hydroxyl groups is 1. The lowest BCUT2D eigenvalue weighted by molar-refractivity contribution is 0.178. The summed E-state index contributed by atoms with van der Waals surface area (Å²) in [6, 6.07) is 5.29. The first kappa shape index (κ1) is 12.3. The van der Waals surface area contributed by atoms with Crippen LogP contribution in [0, 0.1) is 0 Å². The molecule has 0 fully saturated rings. The molecular formula is C13H15N3O2. The van der Waals surface area contributed by atoms with E-state index in [1.54, 1.807) is 37.8 Å². The summed E-state index contributed by atoms with van der Waals surface area (Å²) in [5.41, 5.74) is 7.87. The fourth-order valence-corrected chi connectivity index (χ4v) is 1.68. The maximum Gasteiger partial charge on any atom is 0.212 e. The first-order valence-corrected chi connectivity index (χ1v) is 5.57. The van der Waals surface area contributed by atoms with Crippen molar-refractivity contribution in [3.8, 4) is 5.88 Å². The molecule has 1 unspecified atom stereocenters. The Bertz CT molecular complexity index is 514. The number of nitrogens with zero attached hydrogens (tertiary/aromatic N) is 2. The van der Waals surface area contributed by atoms with Crippen molar-refractivity contribution < 1.29 is 9.84 Å². The second-order valence-corrected chi connectivity index (χ2v) is 3.93. The minimum Gasteiger partial charge on any atom is -0.481 e. The van der Waals surface area contributed by atoms with E-state index in [1.165, 1.54) is 0 Å². The van der Waals surface area contributed by atoms with Crippen LogP contribution in [0.1, 0.15) is 17.2 Å². The van der Waals surface area contributed by atoms with Gasteiger partial charge in [0.25, 0.3) is 0 Å². The van der Waals surface area contributed by atoms with Crippen LogP contribution in [0.25, 0.3) is 0 Å². The number of ether oxygens (including phenoxy) is 1. The van der Waals surface area contributed by atoms with Crippen molar-refractivity contribution in [2.45, 2.75) is 12.5 Å². The van der Waals surface area contributed by atoms with Crippen LogP contribution in [0.2, 0.25) is 0 Å². The molecule has 2 rings (SSSR count). The van der Waals surface area contributed by atoms with Gasteiger partial charge in [-0.3, -0.25) is 4.98 Å². The van der Waals surface area contributed by atoms with Crippen molar-refractivity contribution in [1.29, 1.82) is 0 Å². The summed E-state index contributed by atoms with van der Waals surface area (Å²) < 4.78 is 4.97. The van der Waals surface area contributed by atoms with Gasteiger partial charge in [-0.05, 0) is 11.6 Å². The second kappa shape index (κ2) is 5.46. The lowest BCUT2D eigenvalue weighted by Gasteiger charge is -2.12. The Morgan fingerprint density at radius 2 is 2.17 bits per heavy atom. The van der Waals surface area contributed by atoms with Crippen LogP contribution in [-0.2, 0) is 6.42 Å². The number of nitrogens with two attached hydrogens (primary N) is 1. The quantitative estimate of drug-likeness (QED) is 0.849. The molecule has 0 aliphatic heterocycles. The minimum atomic E-state index is -0.686. The lowest BCUT2D eigenvalue weighted by Crippen LogP contribution is -2.06. The molecule has 94 valence electrons. The summed E-state index contributed by atoms with van der Waals surface area (Å²) >= 11 is 0. The number of anilines is 1. The zero-order chi connectivity index (χ0) is 13.0. The molecule has 2 heterocycles. The highest BCUT2D eigenvalue weighted by Gasteiger charge is 2.12. The van der Waals surface area contributed by atoms with Gasteiger partial charge in [0.05, 0.1) is 13.2 Å². The molecule has 5 heteroatoms. The van der Waals surface area contributed by atoms with Gasteiger partial charge >= 0.3 is 0 Å². The fraction of sp³-hybridized carbons (Fsp3) is 0.231. The van der Waals surface area contributed by atoms with Crippen molar-refractivity contribution >= 4 is 5.69 Å². The highest BCUT2D eigenvalue weighted by molar-refractivity contribution is 5.46. The van der Waals surface area contributed by atoms with E-state index in [2.05, 4.69) is 9.97 Å². The first-order valence-electron chi connectivity index (χ1n) is 5.57. The van der Waals surface area contributed by atoms with Gasteiger partial charge in [0.1, 0.15) is 0 Å². The maximum atomic E-state index is 10.1. The van der Waals surface area contributed by atoms with E-state index in [0.29, 0.717) is 23.6 Å². The highest BCUT2D eigenvalue weighted by atomic mass is 16.5. The van der Waals surface area contributed by atoms with E-state index in [1.807, 2.05) is 6.07 Å². The summed E-state index contributed by atoms with van der Waals surface area (Å²) in [4.78, 5) is 8.05. The molecule has 2 aromatic heterocycles. The molecule has 1 atom stereocenters. The zero-order valence-electron chi connectivity index (χ0n) is 10.1. The van der Waals surface area contributed by atoms with Gasteiger partial charge in [0, 0.05) is 42.3 Å². The van der Waals surface area contributed by atoms with Gasteiger partial charge in [0.2, 0.25) is 5.88 Å².